The van der Waals surface area contributed by atoms with Gasteiger partial charge in [0.2, 0.25) is 0 Å². The van der Waals surface area contributed by atoms with Crippen molar-refractivity contribution in [2.24, 2.45) is 0 Å². The molecule has 122 valence electrons. The molecule has 0 saturated carbocycles. The Kier molecular flexibility index (Phi) is 6.26. The van der Waals surface area contributed by atoms with Gasteiger partial charge in [-0.25, -0.2) is 0 Å². The van der Waals surface area contributed by atoms with Gasteiger partial charge in [0, 0.05) is 11.6 Å². The zero-order valence-corrected chi connectivity index (χ0v) is 13.5. The molecule has 0 atom stereocenters. The van der Waals surface area contributed by atoms with Crippen molar-refractivity contribution in [3.63, 3.8) is 0 Å². The van der Waals surface area contributed by atoms with Crippen molar-refractivity contribution in [2.45, 2.75) is 13.2 Å². The molecule has 0 fully saturated rings. The molecule has 0 heterocycles. The molecule has 6 heteroatoms. The van der Waals surface area contributed by atoms with E-state index in [1.54, 1.807) is 13.2 Å². The number of carboxylic acids is 1. The van der Waals surface area contributed by atoms with E-state index in [-0.39, 0.29) is 6.54 Å². The van der Waals surface area contributed by atoms with E-state index in [1.807, 2.05) is 36.4 Å². The third kappa shape index (κ3) is 5.47. The van der Waals surface area contributed by atoms with Crippen LogP contribution in [0.2, 0.25) is 5.02 Å². The molecule has 0 saturated heterocycles. The first kappa shape index (κ1) is 17.1. The normalized spacial score (nSPS) is 10.3. The predicted octanol–water partition coefficient (Wildman–Crippen LogP) is 3.10. The highest BCUT2D eigenvalue weighted by Crippen LogP contribution is 2.29. The molecule has 0 aliphatic rings. The first-order valence-electron chi connectivity index (χ1n) is 7.05. The Balaban J connectivity index is 2.00. The highest BCUT2D eigenvalue weighted by atomic mass is 35.5. The van der Waals surface area contributed by atoms with Gasteiger partial charge in [-0.15, -0.1) is 0 Å². The second-order valence-electron chi connectivity index (χ2n) is 4.90. The summed E-state index contributed by atoms with van der Waals surface area (Å²) in [6.07, 6.45) is 0. The summed E-state index contributed by atoms with van der Waals surface area (Å²) >= 11 is 5.95. The van der Waals surface area contributed by atoms with Crippen molar-refractivity contribution in [1.29, 1.82) is 0 Å². The van der Waals surface area contributed by atoms with Crippen molar-refractivity contribution >= 4 is 17.6 Å². The molecule has 0 aliphatic carbocycles. The van der Waals surface area contributed by atoms with Crippen LogP contribution in [0.4, 0.5) is 0 Å². The summed E-state index contributed by atoms with van der Waals surface area (Å²) in [5, 5.41) is 12.1. The quantitative estimate of drug-likeness (QED) is 0.776. The number of hydrogen-bond acceptors (Lipinski definition) is 4. The molecule has 2 N–H and O–H groups in total. The van der Waals surface area contributed by atoms with Gasteiger partial charge >= 0.3 is 5.97 Å². The lowest BCUT2D eigenvalue weighted by Crippen LogP contribution is -2.21. The maximum absolute atomic E-state index is 10.5. The average molecular weight is 336 g/mol. The van der Waals surface area contributed by atoms with Crippen LogP contribution in [0.1, 0.15) is 11.1 Å². The van der Waals surface area contributed by atoms with E-state index in [4.69, 9.17) is 26.2 Å². The fraction of sp³-hybridized carbons (Fsp3) is 0.235. The maximum atomic E-state index is 10.5. The van der Waals surface area contributed by atoms with Crippen LogP contribution in [0.5, 0.6) is 11.5 Å². The smallest absolute Gasteiger partial charge is 0.317 e. The van der Waals surface area contributed by atoms with E-state index in [9.17, 15) is 4.79 Å². The summed E-state index contributed by atoms with van der Waals surface area (Å²) in [6, 6.07) is 13.0. The van der Waals surface area contributed by atoms with Gasteiger partial charge in [0.05, 0.1) is 13.7 Å². The molecule has 0 aliphatic heterocycles. The average Bonchev–Trinajstić information content (AvgIpc) is 2.53. The number of methoxy groups -OCH3 is 1. The molecule has 2 aromatic rings. The van der Waals surface area contributed by atoms with Gasteiger partial charge in [0.25, 0.3) is 0 Å². The highest BCUT2D eigenvalue weighted by Gasteiger charge is 2.07. The molecule has 5 nitrogen and oxygen atoms in total. The van der Waals surface area contributed by atoms with Gasteiger partial charge in [-0.2, -0.15) is 0 Å². The zero-order valence-electron chi connectivity index (χ0n) is 12.7. The zero-order chi connectivity index (χ0) is 16.7. The van der Waals surface area contributed by atoms with Gasteiger partial charge in [0.1, 0.15) is 6.61 Å². The van der Waals surface area contributed by atoms with Crippen molar-refractivity contribution < 1.29 is 19.4 Å². The van der Waals surface area contributed by atoms with E-state index < -0.39 is 5.97 Å². The third-order valence-corrected chi connectivity index (χ3v) is 3.35. The number of benzene rings is 2. The molecule has 0 aromatic heterocycles. The Bertz CT molecular complexity index is 675. The summed E-state index contributed by atoms with van der Waals surface area (Å²) in [7, 11) is 1.57. The minimum Gasteiger partial charge on any atom is -0.493 e. The lowest BCUT2D eigenvalue weighted by molar-refractivity contribution is -0.135. The van der Waals surface area contributed by atoms with Crippen molar-refractivity contribution in [3.8, 4) is 11.5 Å². The number of hydrogen-bond donors (Lipinski definition) is 2. The van der Waals surface area contributed by atoms with Crippen LogP contribution >= 0.6 is 11.6 Å². The van der Waals surface area contributed by atoms with Crippen LogP contribution in [0.15, 0.2) is 42.5 Å². The SMILES string of the molecule is COc1cc(CNCC(=O)O)ccc1OCc1cccc(Cl)c1. The molecular weight excluding hydrogens is 318 g/mol. The standard InChI is InChI=1S/C17H18ClNO4/c1-22-16-8-12(9-19-10-17(20)21)5-6-15(16)23-11-13-3-2-4-14(18)7-13/h2-8,19H,9-11H2,1H3,(H,20,21). The first-order chi connectivity index (χ1) is 11.1. The third-order valence-electron chi connectivity index (χ3n) is 3.12. The van der Waals surface area contributed by atoms with Crippen LogP contribution in [0.25, 0.3) is 0 Å². The minimum atomic E-state index is -0.890. The molecule has 2 aromatic carbocycles. The largest absolute Gasteiger partial charge is 0.493 e. The molecule has 0 bridgehead atoms. The second-order valence-corrected chi connectivity index (χ2v) is 5.34. The number of aliphatic carboxylic acids is 1. The maximum Gasteiger partial charge on any atom is 0.317 e. The Morgan fingerprint density at radius 1 is 1.17 bits per heavy atom. The highest BCUT2D eigenvalue weighted by molar-refractivity contribution is 6.30. The Morgan fingerprint density at radius 2 is 2.00 bits per heavy atom. The van der Waals surface area contributed by atoms with E-state index in [1.165, 1.54) is 0 Å². The van der Waals surface area contributed by atoms with Crippen molar-refractivity contribution in [1.82, 2.24) is 5.32 Å². The van der Waals surface area contributed by atoms with Gasteiger partial charge in [0.15, 0.2) is 11.5 Å². The van der Waals surface area contributed by atoms with Gasteiger partial charge in [-0.3, -0.25) is 4.79 Å². The van der Waals surface area contributed by atoms with Crippen molar-refractivity contribution in [3.05, 3.63) is 58.6 Å². The van der Waals surface area contributed by atoms with Gasteiger partial charge < -0.3 is 19.9 Å². The summed E-state index contributed by atoms with van der Waals surface area (Å²) in [5.41, 5.74) is 1.88. The number of nitrogens with one attached hydrogen (secondary N) is 1. The molecule has 0 spiro atoms. The summed E-state index contributed by atoms with van der Waals surface area (Å²) < 4.78 is 11.1. The number of halogens is 1. The van der Waals surface area contributed by atoms with Gasteiger partial charge in [-0.1, -0.05) is 29.8 Å². The van der Waals surface area contributed by atoms with E-state index in [0.717, 1.165) is 11.1 Å². The first-order valence-corrected chi connectivity index (χ1v) is 7.43. The fourth-order valence-corrected chi connectivity index (χ4v) is 2.26. The van der Waals surface area contributed by atoms with E-state index in [2.05, 4.69) is 5.32 Å². The van der Waals surface area contributed by atoms with Gasteiger partial charge in [-0.05, 0) is 35.4 Å². The van der Waals surface area contributed by atoms with Crippen LogP contribution < -0.4 is 14.8 Å². The molecule has 23 heavy (non-hydrogen) atoms. The van der Waals surface area contributed by atoms with Crippen LogP contribution in [0, 0.1) is 0 Å². The van der Waals surface area contributed by atoms with E-state index in [0.29, 0.717) is 29.7 Å². The molecule has 0 unspecified atom stereocenters. The minimum absolute atomic E-state index is 0.0880. The molecule has 2 rings (SSSR count). The second kappa shape index (κ2) is 8.41. The lowest BCUT2D eigenvalue weighted by Gasteiger charge is -2.12. The van der Waals surface area contributed by atoms with Crippen LogP contribution in [0.3, 0.4) is 0 Å². The Labute approximate surface area is 139 Å². The monoisotopic (exact) mass is 335 g/mol. The number of rotatable bonds is 8. The van der Waals surface area contributed by atoms with E-state index >= 15 is 0 Å². The van der Waals surface area contributed by atoms with Crippen LogP contribution in [-0.2, 0) is 17.9 Å². The fourth-order valence-electron chi connectivity index (χ4n) is 2.04. The predicted molar refractivity (Wildman–Crippen MR) is 88.1 cm³/mol. The summed E-state index contributed by atoms with van der Waals surface area (Å²) in [4.78, 5) is 10.5. The lowest BCUT2D eigenvalue weighted by atomic mass is 10.2. The Morgan fingerprint density at radius 3 is 2.70 bits per heavy atom. The molecule has 0 amide bonds. The number of carbonyl (C=O) groups is 1. The summed E-state index contributed by atoms with van der Waals surface area (Å²) in [6.45, 7) is 0.736. The summed E-state index contributed by atoms with van der Waals surface area (Å²) in [5.74, 6) is 0.328. The van der Waals surface area contributed by atoms with Crippen LogP contribution in [-0.4, -0.2) is 24.7 Å². The number of carboxylic acid groups (broad SMARTS) is 1. The molecular formula is C17H18ClNO4. The number of ether oxygens (including phenoxy) is 2. The Hall–Kier alpha value is -2.24. The topological polar surface area (TPSA) is 67.8 Å². The van der Waals surface area contributed by atoms with Crippen molar-refractivity contribution in [2.75, 3.05) is 13.7 Å². The molecule has 0 radical (unpaired) electrons.